The van der Waals surface area contributed by atoms with Gasteiger partial charge >= 0.3 is 0 Å². The van der Waals surface area contributed by atoms with E-state index in [-0.39, 0.29) is 18.0 Å². The number of aromatic nitrogens is 1. The standard InChI is InChI=1S/C20H19FN2O3S/c1-12-4-6-16(15(21)8-12)23-19(24)10-14-11-27-20(22-14)13-5-7-17(25-2)18(9-13)26-3/h4-9,11H,10H2,1-3H3,(H,23,24). The van der Waals surface area contributed by atoms with Gasteiger partial charge in [0.2, 0.25) is 5.91 Å². The summed E-state index contributed by atoms with van der Waals surface area (Å²) in [5.74, 6) is 0.478. The molecule has 1 heterocycles. The van der Waals surface area contributed by atoms with Crippen molar-refractivity contribution in [2.45, 2.75) is 13.3 Å². The molecule has 2 aromatic carbocycles. The lowest BCUT2D eigenvalue weighted by Crippen LogP contribution is -2.15. The van der Waals surface area contributed by atoms with E-state index in [9.17, 15) is 9.18 Å². The summed E-state index contributed by atoms with van der Waals surface area (Å²) in [6.07, 6.45) is 0.0666. The Morgan fingerprint density at radius 3 is 2.63 bits per heavy atom. The van der Waals surface area contributed by atoms with Gasteiger partial charge in [0.25, 0.3) is 0 Å². The molecule has 1 amide bonds. The normalized spacial score (nSPS) is 10.5. The van der Waals surface area contributed by atoms with Gasteiger partial charge in [0, 0.05) is 10.9 Å². The van der Waals surface area contributed by atoms with E-state index >= 15 is 0 Å². The van der Waals surface area contributed by atoms with E-state index in [4.69, 9.17) is 9.47 Å². The Labute approximate surface area is 160 Å². The Balaban J connectivity index is 1.71. The van der Waals surface area contributed by atoms with Crippen LogP contribution in [0, 0.1) is 12.7 Å². The van der Waals surface area contributed by atoms with Gasteiger partial charge in [-0.3, -0.25) is 4.79 Å². The summed E-state index contributed by atoms with van der Waals surface area (Å²) in [5, 5.41) is 5.16. The fraction of sp³-hybridized carbons (Fsp3) is 0.200. The lowest BCUT2D eigenvalue weighted by molar-refractivity contribution is -0.115. The molecule has 0 aliphatic heterocycles. The van der Waals surface area contributed by atoms with E-state index in [1.54, 1.807) is 33.3 Å². The van der Waals surface area contributed by atoms with E-state index < -0.39 is 5.82 Å². The molecule has 0 saturated heterocycles. The number of halogens is 1. The van der Waals surface area contributed by atoms with Crippen molar-refractivity contribution >= 4 is 22.9 Å². The van der Waals surface area contributed by atoms with E-state index in [2.05, 4.69) is 10.3 Å². The van der Waals surface area contributed by atoms with Gasteiger partial charge in [0.1, 0.15) is 10.8 Å². The van der Waals surface area contributed by atoms with Crippen LogP contribution in [-0.4, -0.2) is 25.1 Å². The lowest BCUT2D eigenvalue weighted by atomic mass is 10.2. The van der Waals surface area contributed by atoms with Gasteiger partial charge < -0.3 is 14.8 Å². The molecule has 0 radical (unpaired) electrons. The van der Waals surface area contributed by atoms with E-state index in [0.717, 1.165) is 16.1 Å². The smallest absolute Gasteiger partial charge is 0.230 e. The van der Waals surface area contributed by atoms with Crippen LogP contribution in [0.1, 0.15) is 11.3 Å². The molecule has 140 valence electrons. The highest BCUT2D eigenvalue weighted by Crippen LogP contribution is 2.33. The van der Waals surface area contributed by atoms with E-state index in [0.29, 0.717) is 17.2 Å². The number of nitrogens with zero attached hydrogens (tertiary/aromatic N) is 1. The molecule has 0 aliphatic rings. The summed E-state index contributed by atoms with van der Waals surface area (Å²) in [7, 11) is 3.15. The summed E-state index contributed by atoms with van der Waals surface area (Å²) in [4.78, 5) is 16.7. The van der Waals surface area contributed by atoms with Crippen molar-refractivity contribution in [2.24, 2.45) is 0 Å². The molecule has 1 aromatic heterocycles. The SMILES string of the molecule is COc1ccc(-c2nc(CC(=O)Nc3ccc(C)cc3F)cs2)cc1OC. The molecule has 0 fully saturated rings. The number of rotatable bonds is 6. The van der Waals surface area contributed by atoms with Crippen molar-refractivity contribution < 1.29 is 18.7 Å². The largest absolute Gasteiger partial charge is 0.493 e. The zero-order valence-corrected chi connectivity index (χ0v) is 16.0. The maximum absolute atomic E-state index is 13.9. The second-order valence-corrected chi connectivity index (χ2v) is 6.78. The number of anilines is 1. The fourth-order valence-corrected chi connectivity index (χ4v) is 3.39. The van der Waals surface area contributed by atoms with Crippen LogP contribution in [0.5, 0.6) is 11.5 Å². The second kappa shape index (κ2) is 8.18. The minimum atomic E-state index is -0.451. The van der Waals surface area contributed by atoms with Crippen molar-refractivity contribution in [3.63, 3.8) is 0 Å². The molecule has 5 nitrogen and oxygen atoms in total. The number of aryl methyl sites for hydroxylation is 1. The zero-order valence-electron chi connectivity index (χ0n) is 15.2. The van der Waals surface area contributed by atoms with Crippen molar-refractivity contribution in [1.29, 1.82) is 0 Å². The number of carbonyl (C=O) groups is 1. The molecular weight excluding hydrogens is 367 g/mol. The Bertz CT molecular complexity index is 972. The third-order valence-corrected chi connectivity index (χ3v) is 4.86. The Morgan fingerprint density at radius 2 is 1.93 bits per heavy atom. The first-order valence-corrected chi connectivity index (χ1v) is 9.11. The monoisotopic (exact) mass is 386 g/mol. The lowest BCUT2D eigenvalue weighted by Gasteiger charge is -2.08. The molecule has 0 aliphatic carbocycles. The van der Waals surface area contributed by atoms with Gasteiger partial charge in [-0.1, -0.05) is 6.07 Å². The molecule has 0 bridgehead atoms. The molecule has 27 heavy (non-hydrogen) atoms. The third kappa shape index (κ3) is 4.43. The van der Waals surface area contributed by atoms with Crippen molar-refractivity contribution in [3.8, 4) is 22.1 Å². The predicted molar refractivity (Wildman–Crippen MR) is 104 cm³/mol. The molecule has 1 N–H and O–H groups in total. The van der Waals surface area contributed by atoms with Crippen molar-refractivity contribution in [3.05, 3.63) is 58.9 Å². The Kier molecular flexibility index (Phi) is 5.71. The summed E-state index contributed by atoms with van der Waals surface area (Å²) in [5.41, 5.74) is 2.45. The third-order valence-electron chi connectivity index (χ3n) is 3.92. The number of ether oxygens (including phenoxy) is 2. The topological polar surface area (TPSA) is 60.5 Å². The minimum Gasteiger partial charge on any atom is -0.493 e. The number of thiazole rings is 1. The molecule has 0 spiro atoms. The van der Waals surface area contributed by atoms with Gasteiger partial charge in [-0.05, 0) is 42.8 Å². The van der Waals surface area contributed by atoms with Gasteiger partial charge in [-0.15, -0.1) is 11.3 Å². The first-order valence-electron chi connectivity index (χ1n) is 8.23. The fourth-order valence-electron chi connectivity index (χ4n) is 2.57. The highest BCUT2D eigenvalue weighted by molar-refractivity contribution is 7.13. The first-order chi connectivity index (χ1) is 13.0. The van der Waals surface area contributed by atoms with Crippen LogP contribution in [-0.2, 0) is 11.2 Å². The number of benzene rings is 2. The quantitative estimate of drug-likeness (QED) is 0.680. The van der Waals surface area contributed by atoms with Crippen LogP contribution in [0.15, 0.2) is 41.8 Å². The number of amides is 1. The number of methoxy groups -OCH3 is 2. The summed E-state index contributed by atoms with van der Waals surface area (Å²) >= 11 is 1.43. The van der Waals surface area contributed by atoms with Gasteiger partial charge in [0.15, 0.2) is 11.5 Å². The van der Waals surface area contributed by atoms with Gasteiger partial charge in [-0.2, -0.15) is 0 Å². The summed E-state index contributed by atoms with van der Waals surface area (Å²) < 4.78 is 24.4. The summed E-state index contributed by atoms with van der Waals surface area (Å²) in [6, 6.07) is 10.2. The molecule has 0 saturated carbocycles. The molecule has 3 rings (SSSR count). The number of carbonyl (C=O) groups excluding carboxylic acids is 1. The van der Waals surface area contributed by atoms with E-state index in [1.165, 1.54) is 17.4 Å². The van der Waals surface area contributed by atoms with Gasteiger partial charge in [-0.25, -0.2) is 9.37 Å². The molecule has 7 heteroatoms. The second-order valence-electron chi connectivity index (χ2n) is 5.92. The predicted octanol–water partition coefficient (Wildman–Crippen LogP) is 4.46. The van der Waals surface area contributed by atoms with Gasteiger partial charge in [0.05, 0.1) is 32.0 Å². The van der Waals surface area contributed by atoms with Crippen LogP contribution in [0.3, 0.4) is 0 Å². The average Bonchev–Trinajstić information content (AvgIpc) is 3.11. The first kappa shape index (κ1) is 18.8. The molecule has 0 atom stereocenters. The zero-order chi connectivity index (χ0) is 19.4. The van der Waals surface area contributed by atoms with Crippen LogP contribution in [0.25, 0.3) is 10.6 Å². The minimum absolute atomic E-state index is 0.0666. The number of nitrogens with one attached hydrogen (secondary N) is 1. The van der Waals surface area contributed by atoms with Crippen LogP contribution < -0.4 is 14.8 Å². The van der Waals surface area contributed by atoms with Crippen molar-refractivity contribution in [1.82, 2.24) is 4.98 Å². The maximum atomic E-state index is 13.9. The maximum Gasteiger partial charge on any atom is 0.230 e. The highest BCUT2D eigenvalue weighted by atomic mass is 32.1. The molecule has 0 unspecified atom stereocenters. The van der Waals surface area contributed by atoms with Crippen LogP contribution in [0.4, 0.5) is 10.1 Å². The van der Waals surface area contributed by atoms with Crippen LogP contribution >= 0.6 is 11.3 Å². The van der Waals surface area contributed by atoms with Crippen molar-refractivity contribution in [2.75, 3.05) is 19.5 Å². The van der Waals surface area contributed by atoms with E-state index in [1.807, 2.05) is 23.6 Å². The average molecular weight is 386 g/mol. The Morgan fingerprint density at radius 1 is 1.15 bits per heavy atom. The van der Waals surface area contributed by atoms with Crippen LogP contribution in [0.2, 0.25) is 0 Å². The number of hydrogen-bond acceptors (Lipinski definition) is 5. The molecular formula is C20H19FN2O3S. The highest BCUT2D eigenvalue weighted by Gasteiger charge is 2.13. The summed E-state index contributed by atoms with van der Waals surface area (Å²) in [6.45, 7) is 1.79. The Hall–Kier alpha value is -2.93. The molecule has 3 aromatic rings. The number of hydrogen-bond donors (Lipinski definition) is 1.